The molecule has 0 radical (unpaired) electrons. The number of hydrogen-bond donors (Lipinski definition) is 1. The van der Waals surface area contributed by atoms with Gasteiger partial charge >= 0.3 is 0 Å². The number of hydrogen-bond acceptors (Lipinski definition) is 2. The fourth-order valence-electron chi connectivity index (χ4n) is 3.87. The van der Waals surface area contributed by atoms with Crippen LogP contribution in [0.5, 0.6) is 0 Å². The molecule has 3 aromatic rings. The number of carbonyl (C=O) groups is 2. The van der Waals surface area contributed by atoms with Crippen molar-refractivity contribution in [3.05, 3.63) is 108 Å². The first-order chi connectivity index (χ1) is 16.0. The minimum absolute atomic E-state index is 0.0456. The van der Waals surface area contributed by atoms with Crippen molar-refractivity contribution < 1.29 is 9.59 Å². The van der Waals surface area contributed by atoms with Gasteiger partial charge in [0.2, 0.25) is 11.8 Å². The van der Waals surface area contributed by atoms with Crippen molar-refractivity contribution in [3.63, 3.8) is 0 Å². The van der Waals surface area contributed by atoms with Crippen LogP contribution >= 0.6 is 0 Å². The van der Waals surface area contributed by atoms with Gasteiger partial charge in [0.25, 0.3) is 0 Å². The van der Waals surface area contributed by atoms with E-state index < -0.39 is 6.04 Å². The highest BCUT2D eigenvalue weighted by Crippen LogP contribution is 2.13. The molecule has 0 bridgehead atoms. The maximum Gasteiger partial charge on any atom is 0.245 e. The minimum atomic E-state index is -0.599. The molecular formula is C29H34N2O2. The van der Waals surface area contributed by atoms with Crippen LogP contribution in [0.3, 0.4) is 0 Å². The lowest BCUT2D eigenvalue weighted by Gasteiger charge is -2.29. The largest absolute Gasteiger partial charge is 0.344 e. The molecule has 0 saturated carbocycles. The van der Waals surface area contributed by atoms with Crippen LogP contribution in [0.25, 0.3) is 0 Å². The number of benzene rings is 3. The molecule has 0 heterocycles. The van der Waals surface area contributed by atoms with E-state index in [9.17, 15) is 9.59 Å². The molecule has 3 aromatic carbocycles. The lowest BCUT2D eigenvalue weighted by Crippen LogP contribution is -2.50. The van der Waals surface area contributed by atoms with Gasteiger partial charge in [-0.25, -0.2) is 0 Å². The maximum absolute atomic E-state index is 13.8. The van der Waals surface area contributed by atoms with Crippen LogP contribution in [-0.2, 0) is 29.0 Å². The summed E-state index contributed by atoms with van der Waals surface area (Å²) in [5.41, 5.74) is 3.29. The Hall–Kier alpha value is -3.40. The predicted molar refractivity (Wildman–Crippen MR) is 134 cm³/mol. The van der Waals surface area contributed by atoms with E-state index in [2.05, 4.69) is 17.4 Å². The van der Waals surface area contributed by atoms with Gasteiger partial charge in [0.15, 0.2) is 0 Å². The van der Waals surface area contributed by atoms with E-state index in [1.54, 1.807) is 0 Å². The van der Waals surface area contributed by atoms with Gasteiger partial charge in [0.05, 0.1) is 0 Å². The van der Waals surface area contributed by atoms with E-state index in [0.29, 0.717) is 25.9 Å². The molecule has 0 aliphatic heterocycles. The standard InChI is InChI=1S/C29H34N2O2/c1-23(2)20-28(32)30-27(21-25-14-8-4-9-15-25)29(33)31(22-26-16-10-5-11-17-26)19-18-24-12-6-3-7-13-24/h3-17,23,27H,18-22H2,1-2H3,(H,30,32). The van der Waals surface area contributed by atoms with Crippen LogP contribution in [0.15, 0.2) is 91.0 Å². The fraction of sp³-hybridized carbons (Fsp3) is 0.310. The Labute approximate surface area is 197 Å². The first-order valence-electron chi connectivity index (χ1n) is 11.7. The highest BCUT2D eigenvalue weighted by molar-refractivity contribution is 5.88. The van der Waals surface area contributed by atoms with E-state index in [0.717, 1.165) is 17.5 Å². The zero-order valence-corrected chi connectivity index (χ0v) is 19.6. The summed E-state index contributed by atoms with van der Waals surface area (Å²) >= 11 is 0. The van der Waals surface area contributed by atoms with Crippen LogP contribution < -0.4 is 5.32 Å². The van der Waals surface area contributed by atoms with Crippen molar-refractivity contribution in [2.45, 2.75) is 45.7 Å². The molecule has 4 heteroatoms. The number of nitrogens with zero attached hydrogens (tertiary/aromatic N) is 1. The van der Waals surface area contributed by atoms with Crippen molar-refractivity contribution in [2.24, 2.45) is 5.92 Å². The molecule has 0 aromatic heterocycles. The molecule has 1 unspecified atom stereocenters. The molecule has 1 N–H and O–H groups in total. The van der Waals surface area contributed by atoms with E-state index in [-0.39, 0.29) is 17.7 Å². The predicted octanol–water partition coefficient (Wildman–Crippen LogP) is 5.03. The topological polar surface area (TPSA) is 49.4 Å². The van der Waals surface area contributed by atoms with E-state index in [1.807, 2.05) is 97.6 Å². The van der Waals surface area contributed by atoms with Crippen molar-refractivity contribution in [3.8, 4) is 0 Å². The van der Waals surface area contributed by atoms with Crippen molar-refractivity contribution >= 4 is 11.8 Å². The molecule has 172 valence electrons. The zero-order valence-electron chi connectivity index (χ0n) is 19.6. The molecule has 0 fully saturated rings. The van der Waals surface area contributed by atoms with Gasteiger partial charge in [-0.2, -0.15) is 0 Å². The van der Waals surface area contributed by atoms with Crippen LogP contribution in [-0.4, -0.2) is 29.3 Å². The SMILES string of the molecule is CC(C)CC(=O)NC(Cc1ccccc1)C(=O)N(CCc1ccccc1)Cc1ccccc1. The smallest absolute Gasteiger partial charge is 0.245 e. The first kappa shape index (κ1) is 24.2. The van der Waals surface area contributed by atoms with Crippen LogP contribution in [0.4, 0.5) is 0 Å². The highest BCUT2D eigenvalue weighted by atomic mass is 16.2. The first-order valence-corrected chi connectivity index (χ1v) is 11.7. The number of rotatable bonds is 11. The molecule has 3 rings (SSSR count). The second-order valence-corrected chi connectivity index (χ2v) is 8.89. The van der Waals surface area contributed by atoms with Gasteiger partial charge in [-0.15, -0.1) is 0 Å². The third-order valence-corrected chi connectivity index (χ3v) is 5.55. The summed E-state index contributed by atoms with van der Waals surface area (Å²) in [7, 11) is 0. The van der Waals surface area contributed by atoms with Crippen molar-refractivity contribution in [2.75, 3.05) is 6.54 Å². The zero-order chi connectivity index (χ0) is 23.5. The van der Waals surface area contributed by atoms with E-state index >= 15 is 0 Å². The Morgan fingerprint density at radius 1 is 0.758 bits per heavy atom. The van der Waals surface area contributed by atoms with Gasteiger partial charge in [-0.05, 0) is 29.0 Å². The minimum Gasteiger partial charge on any atom is -0.344 e. The summed E-state index contributed by atoms with van der Waals surface area (Å²) in [6, 6.07) is 29.5. The normalized spacial score (nSPS) is 11.7. The lowest BCUT2D eigenvalue weighted by atomic mass is 10.0. The Morgan fingerprint density at radius 2 is 1.27 bits per heavy atom. The van der Waals surface area contributed by atoms with E-state index in [4.69, 9.17) is 0 Å². The maximum atomic E-state index is 13.8. The summed E-state index contributed by atoms with van der Waals surface area (Å²) in [5.74, 6) is 0.105. The molecule has 0 spiro atoms. The van der Waals surface area contributed by atoms with Gasteiger partial charge in [-0.3, -0.25) is 9.59 Å². The van der Waals surface area contributed by atoms with Crippen LogP contribution in [0, 0.1) is 5.92 Å². The Balaban J connectivity index is 1.82. The summed E-state index contributed by atoms with van der Waals surface area (Å²) in [5, 5.41) is 3.03. The van der Waals surface area contributed by atoms with Gasteiger partial charge < -0.3 is 10.2 Å². The summed E-state index contributed by atoms with van der Waals surface area (Å²) in [6.45, 7) is 5.12. The third-order valence-electron chi connectivity index (χ3n) is 5.55. The summed E-state index contributed by atoms with van der Waals surface area (Å²) in [4.78, 5) is 28.3. The van der Waals surface area contributed by atoms with Gasteiger partial charge in [0.1, 0.15) is 6.04 Å². The van der Waals surface area contributed by atoms with Gasteiger partial charge in [0, 0.05) is 25.9 Å². The lowest BCUT2D eigenvalue weighted by molar-refractivity contribution is -0.137. The molecule has 0 aliphatic carbocycles. The summed E-state index contributed by atoms with van der Waals surface area (Å²) in [6.07, 6.45) is 1.64. The second kappa shape index (κ2) is 12.6. The van der Waals surface area contributed by atoms with Crippen LogP contribution in [0.2, 0.25) is 0 Å². The Kier molecular flexibility index (Phi) is 9.25. The van der Waals surface area contributed by atoms with Crippen molar-refractivity contribution in [1.29, 1.82) is 0 Å². The van der Waals surface area contributed by atoms with Crippen molar-refractivity contribution in [1.82, 2.24) is 10.2 Å². The van der Waals surface area contributed by atoms with E-state index in [1.165, 1.54) is 5.56 Å². The number of amides is 2. The Morgan fingerprint density at radius 3 is 1.82 bits per heavy atom. The average Bonchev–Trinajstić information content (AvgIpc) is 2.82. The number of carbonyl (C=O) groups excluding carboxylic acids is 2. The Bertz CT molecular complexity index is 988. The molecule has 33 heavy (non-hydrogen) atoms. The fourth-order valence-corrected chi connectivity index (χ4v) is 3.87. The molecule has 1 atom stereocenters. The molecule has 0 aliphatic rings. The molecule has 4 nitrogen and oxygen atoms in total. The highest BCUT2D eigenvalue weighted by Gasteiger charge is 2.26. The molecular weight excluding hydrogens is 408 g/mol. The summed E-state index contributed by atoms with van der Waals surface area (Å²) < 4.78 is 0. The monoisotopic (exact) mass is 442 g/mol. The molecule has 0 saturated heterocycles. The molecule has 2 amide bonds. The quantitative estimate of drug-likeness (QED) is 0.453. The van der Waals surface area contributed by atoms with Crippen LogP contribution in [0.1, 0.15) is 37.0 Å². The van der Waals surface area contributed by atoms with Gasteiger partial charge in [-0.1, -0.05) is 105 Å². The number of nitrogens with one attached hydrogen (secondary N) is 1. The average molecular weight is 443 g/mol. The second-order valence-electron chi connectivity index (χ2n) is 8.89. The third kappa shape index (κ3) is 8.23.